The van der Waals surface area contributed by atoms with Crippen LogP contribution in [0.3, 0.4) is 0 Å². The number of carbonyl (C=O) groups excluding carboxylic acids is 3. The maximum atomic E-state index is 13.2. The van der Waals surface area contributed by atoms with Crippen molar-refractivity contribution in [1.29, 1.82) is 0 Å². The zero-order valence-corrected chi connectivity index (χ0v) is 27.9. The number of alkyl halides is 3. The lowest BCUT2D eigenvalue weighted by atomic mass is 10.1. The number of anilines is 1. The Hall–Kier alpha value is -5.40. The van der Waals surface area contributed by atoms with Gasteiger partial charge in [0, 0.05) is 23.4 Å². The molecule has 14 heteroatoms. The van der Waals surface area contributed by atoms with Gasteiger partial charge in [0.2, 0.25) is 5.91 Å². The summed E-state index contributed by atoms with van der Waals surface area (Å²) in [6.07, 6.45) is 0.829. The van der Waals surface area contributed by atoms with Crippen LogP contribution in [0.25, 0.3) is 0 Å². The maximum absolute atomic E-state index is 13.2. The molecule has 0 aromatic heterocycles. The number of aliphatic carboxylic acids is 2. The first kappa shape index (κ1) is 39.0. The molecule has 2 aliphatic carbocycles. The summed E-state index contributed by atoms with van der Waals surface area (Å²) in [5, 5.41) is 19.2. The van der Waals surface area contributed by atoms with Gasteiger partial charge in [0.15, 0.2) is 0 Å². The first-order valence-electron chi connectivity index (χ1n) is 15.8. The highest BCUT2D eigenvalue weighted by molar-refractivity contribution is 6.08. The number of ether oxygens (including phenoxy) is 1. The molecule has 0 fully saturated rings. The Morgan fingerprint density at radius 1 is 0.800 bits per heavy atom. The van der Waals surface area contributed by atoms with Crippen LogP contribution in [0.5, 0.6) is 0 Å². The molecule has 0 saturated heterocycles. The predicted molar refractivity (Wildman–Crippen MR) is 178 cm³/mol. The van der Waals surface area contributed by atoms with Crippen LogP contribution in [0.2, 0.25) is 0 Å². The number of nitrogens with two attached hydrogens (primary N) is 1. The van der Waals surface area contributed by atoms with Gasteiger partial charge in [0.1, 0.15) is 12.1 Å². The van der Waals surface area contributed by atoms with Crippen LogP contribution in [0.4, 0.5) is 23.7 Å². The van der Waals surface area contributed by atoms with Gasteiger partial charge in [0.25, 0.3) is 5.91 Å². The minimum atomic E-state index is -5.08. The van der Waals surface area contributed by atoms with E-state index in [1.807, 2.05) is 30.3 Å². The van der Waals surface area contributed by atoms with E-state index in [1.54, 1.807) is 51.1 Å². The van der Waals surface area contributed by atoms with Crippen molar-refractivity contribution in [1.82, 2.24) is 5.32 Å². The quantitative estimate of drug-likeness (QED) is 0.238. The van der Waals surface area contributed by atoms with E-state index >= 15 is 0 Å². The number of alkyl carbamates (subject to hydrolysis) is 1. The number of carboxylic acids is 2. The normalized spacial score (nSPS) is 12.9. The molecule has 0 saturated carbocycles. The Morgan fingerprint density at radius 2 is 1.36 bits per heavy atom. The number of nitrogens with zero attached hydrogens (tertiary/aromatic N) is 1. The summed E-state index contributed by atoms with van der Waals surface area (Å²) < 4.78 is 37.0. The van der Waals surface area contributed by atoms with E-state index in [9.17, 15) is 37.5 Å². The fraction of sp³-hybridized carbons (Fsp3) is 0.361. The molecule has 0 heterocycles. The largest absolute Gasteiger partial charge is 0.490 e. The van der Waals surface area contributed by atoms with Crippen LogP contribution in [-0.2, 0) is 46.6 Å². The van der Waals surface area contributed by atoms with Crippen molar-refractivity contribution < 1.29 is 52.1 Å². The summed E-state index contributed by atoms with van der Waals surface area (Å²) in [5.41, 5.74) is 11.9. The molecule has 2 aliphatic rings. The van der Waals surface area contributed by atoms with E-state index in [0.29, 0.717) is 22.4 Å². The van der Waals surface area contributed by atoms with Crippen LogP contribution in [0, 0.1) is 0 Å². The molecule has 0 bridgehead atoms. The summed E-state index contributed by atoms with van der Waals surface area (Å²) >= 11 is 0. The molecule has 0 atom stereocenters. The minimum absolute atomic E-state index is 0.188. The molecule has 268 valence electrons. The monoisotopic (exact) mass is 699 g/mol. The van der Waals surface area contributed by atoms with Gasteiger partial charge in [0.05, 0.1) is 0 Å². The number of aryl methyl sites for hydroxylation is 4. The van der Waals surface area contributed by atoms with Gasteiger partial charge in [-0.2, -0.15) is 13.2 Å². The highest BCUT2D eigenvalue weighted by Gasteiger charge is 2.38. The third-order valence-corrected chi connectivity index (χ3v) is 7.57. The summed E-state index contributed by atoms with van der Waals surface area (Å²) in [5.74, 6) is -4.58. The lowest BCUT2D eigenvalue weighted by molar-refractivity contribution is -0.192. The molecule has 0 aliphatic heterocycles. The smallest absolute Gasteiger partial charge is 0.480 e. The zero-order chi connectivity index (χ0) is 37.2. The van der Waals surface area contributed by atoms with Crippen molar-refractivity contribution in [3.05, 3.63) is 99.6 Å². The van der Waals surface area contributed by atoms with E-state index in [0.717, 1.165) is 37.7 Å². The highest BCUT2D eigenvalue weighted by atomic mass is 19.4. The molecule has 0 spiro atoms. The van der Waals surface area contributed by atoms with Crippen molar-refractivity contribution in [2.24, 2.45) is 5.73 Å². The topological polar surface area (TPSA) is 176 Å². The molecule has 3 amide bonds. The summed E-state index contributed by atoms with van der Waals surface area (Å²) in [4.78, 5) is 57.5. The molecular weight excluding hydrogens is 659 g/mol. The molecule has 5 N–H and O–H groups in total. The number of carboxylic acid groups (broad SMARTS) is 2. The molecule has 50 heavy (non-hydrogen) atoms. The van der Waals surface area contributed by atoms with Gasteiger partial charge in [-0.15, -0.1) is 0 Å². The second kappa shape index (κ2) is 16.8. The van der Waals surface area contributed by atoms with Crippen molar-refractivity contribution in [2.75, 3.05) is 11.4 Å². The van der Waals surface area contributed by atoms with E-state index in [1.165, 1.54) is 28.0 Å². The fourth-order valence-corrected chi connectivity index (χ4v) is 5.33. The van der Waals surface area contributed by atoms with Crippen molar-refractivity contribution >= 4 is 35.5 Å². The Morgan fingerprint density at radius 3 is 1.90 bits per heavy atom. The van der Waals surface area contributed by atoms with Crippen molar-refractivity contribution in [2.45, 2.75) is 77.6 Å². The molecular formula is C36H40F3N3O8. The highest BCUT2D eigenvalue weighted by Crippen LogP contribution is 2.28. The molecule has 3 aromatic rings. The molecule has 0 radical (unpaired) electrons. The lowest BCUT2D eigenvalue weighted by Gasteiger charge is -2.22. The Balaban J connectivity index is 0.000000288. The average molecular weight is 700 g/mol. The summed E-state index contributed by atoms with van der Waals surface area (Å²) in [6, 6.07) is 18.2. The fourth-order valence-electron chi connectivity index (χ4n) is 5.33. The van der Waals surface area contributed by atoms with Crippen LogP contribution in [-0.4, -0.2) is 58.4 Å². The molecule has 3 aromatic carbocycles. The third-order valence-electron chi connectivity index (χ3n) is 7.57. The summed E-state index contributed by atoms with van der Waals surface area (Å²) in [7, 11) is 0. The summed E-state index contributed by atoms with van der Waals surface area (Å²) in [6.45, 7) is 5.09. The lowest BCUT2D eigenvalue weighted by Crippen LogP contribution is -2.36. The minimum Gasteiger partial charge on any atom is -0.480 e. The third kappa shape index (κ3) is 11.9. The molecule has 5 rings (SSSR count). The number of primary amides is 1. The SMILES string of the molecule is CC(C)(C)OC(=O)NCc1cccc(C(=O)N(CC(=O)O)c2ccc3c(c2)CCC3)c1.NC(=O)c1ccc2c(c1)CCC2.O=C(O)C(F)(F)F. The maximum Gasteiger partial charge on any atom is 0.490 e. The molecule has 11 nitrogen and oxygen atoms in total. The number of benzene rings is 3. The van der Waals surface area contributed by atoms with Crippen LogP contribution in [0.1, 0.15) is 82.1 Å². The first-order chi connectivity index (χ1) is 23.3. The van der Waals surface area contributed by atoms with Crippen molar-refractivity contribution in [3.8, 4) is 0 Å². The van der Waals surface area contributed by atoms with E-state index in [2.05, 4.69) is 5.32 Å². The predicted octanol–water partition coefficient (Wildman–Crippen LogP) is 5.84. The van der Waals surface area contributed by atoms with Gasteiger partial charge in [-0.1, -0.05) is 24.3 Å². The number of halogens is 3. The first-order valence-corrected chi connectivity index (χ1v) is 15.8. The molecule has 0 unspecified atom stereocenters. The van der Waals surface area contributed by atoms with Gasteiger partial charge < -0.3 is 26.0 Å². The van der Waals surface area contributed by atoms with Gasteiger partial charge in [-0.3, -0.25) is 19.3 Å². The van der Waals surface area contributed by atoms with Crippen LogP contribution in [0.15, 0.2) is 60.7 Å². The van der Waals surface area contributed by atoms with Gasteiger partial charge >= 0.3 is 24.2 Å². The Bertz CT molecular complexity index is 1730. The van der Waals surface area contributed by atoms with Gasteiger partial charge in [-0.25, -0.2) is 9.59 Å². The van der Waals surface area contributed by atoms with Crippen LogP contribution < -0.4 is 16.0 Å². The van der Waals surface area contributed by atoms with E-state index < -0.39 is 42.3 Å². The Labute approximate surface area is 287 Å². The average Bonchev–Trinajstić information content (AvgIpc) is 3.70. The second-order valence-corrected chi connectivity index (χ2v) is 12.7. The van der Waals surface area contributed by atoms with Crippen LogP contribution >= 0.6 is 0 Å². The van der Waals surface area contributed by atoms with Crippen molar-refractivity contribution in [3.63, 3.8) is 0 Å². The standard InChI is InChI=1S/C24H28N2O5.C10H11NO.C2HF3O2/c1-24(2,3)31-23(30)25-14-16-6-4-9-19(12-16)22(29)26(15-21(27)28)20-11-10-17-7-5-8-18(17)13-20;11-10(12)9-5-4-7-2-1-3-8(7)6-9;3-2(4,5)1(6)7/h4,6,9-13H,5,7-8,14-15H2,1-3H3,(H,25,30)(H,27,28);4-6H,1-3H2,(H2,11,12);(H,6,7). The Kier molecular flexibility index (Phi) is 13.1. The number of amides is 3. The number of nitrogens with one attached hydrogen (secondary N) is 1. The number of hydrogen-bond donors (Lipinski definition) is 4. The number of carbonyl (C=O) groups is 5. The van der Waals surface area contributed by atoms with E-state index in [-0.39, 0.29) is 12.5 Å². The number of hydrogen-bond acceptors (Lipinski definition) is 6. The van der Waals surface area contributed by atoms with Gasteiger partial charge in [-0.05, 0) is 124 Å². The number of rotatable bonds is 7. The zero-order valence-electron chi connectivity index (χ0n) is 27.9. The van der Waals surface area contributed by atoms with E-state index in [4.69, 9.17) is 20.4 Å². The second-order valence-electron chi connectivity index (χ2n) is 12.7. The number of fused-ring (bicyclic) bond motifs is 2.